The quantitative estimate of drug-likeness (QED) is 0.716. The topological polar surface area (TPSA) is 66.9 Å². The molecule has 0 radical (unpaired) electrons. The highest BCUT2D eigenvalue weighted by atomic mass is 32.2. The number of nitrogens with zero attached hydrogens (tertiary/aromatic N) is 2. The van der Waals surface area contributed by atoms with Gasteiger partial charge in [-0.3, -0.25) is 4.79 Å². The average molecular weight is 423 g/mol. The Labute approximate surface area is 170 Å². The molecule has 0 bridgehead atoms. The van der Waals surface area contributed by atoms with Crippen LogP contribution in [0.3, 0.4) is 0 Å². The summed E-state index contributed by atoms with van der Waals surface area (Å²) in [5, 5.41) is 1.75. The maximum absolute atomic E-state index is 13.1. The highest BCUT2D eigenvalue weighted by Crippen LogP contribution is 2.31. The monoisotopic (exact) mass is 422 g/mol. The van der Waals surface area contributed by atoms with Crippen LogP contribution in [0.2, 0.25) is 0 Å². The van der Waals surface area contributed by atoms with E-state index in [1.54, 1.807) is 36.6 Å². The van der Waals surface area contributed by atoms with Gasteiger partial charge in [0, 0.05) is 25.7 Å². The summed E-state index contributed by atoms with van der Waals surface area (Å²) < 4.78 is 32.8. The van der Waals surface area contributed by atoms with Crippen LogP contribution in [0.1, 0.15) is 31.4 Å². The van der Waals surface area contributed by atoms with Gasteiger partial charge in [0.1, 0.15) is 9.96 Å². The molecule has 2 heterocycles. The smallest absolute Gasteiger partial charge is 0.252 e. The summed E-state index contributed by atoms with van der Waals surface area (Å²) in [4.78, 5) is 14.8. The number of para-hydroxylation sites is 1. The summed E-state index contributed by atoms with van der Waals surface area (Å²) >= 11 is 1.21. The molecule has 2 unspecified atom stereocenters. The summed E-state index contributed by atoms with van der Waals surface area (Å²) in [6.45, 7) is 2.64. The number of sulfonamides is 1. The van der Waals surface area contributed by atoms with Gasteiger partial charge in [-0.1, -0.05) is 24.3 Å². The average Bonchev–Trinajstić information content (AvgIpc) is 3.28. The van der Waals surface area contributed by atoms with Gasteiger partial charge in [0.05, 0.1) is 19.1 Å². The zero-order valence-electron chi connectivity index (χ0n) is 16.4. The molecule has 1 aromatic carbocycles. The van der Waals surface area contributed by atoms with Gasteiger partial charge in [-0.05, 0) is 37.3 Å². The number of ether oxygens (including phenoxy) is 1. The maximum atomic E-state index is 13.1. The molecular formula is C20H26N2O4S2. The number of thiophene rings is 1. The first-order valence-corrected chi connectivity index (χ1v) is 11.6. The van der Waals surface area contributed by atoms with Gasteiger partial charge in [0.15, 0.2) is 0 Å². The third-order valence-electron chi connectivity index (χ3n) is 5.34. The van der Waals surface area contributed by atoms with Crippen molar-refractivity contribution in [3.8, 4) is 5.75 Å². The largest absolute Gasteiger partial charge is 0.496 e. The molecule has 1 aromatic heterocycles. The number of hydrogen-bond acceptors (Lipinski definition) is 5. The molecule has 1 amide bonds. The molecular weight excluding hydrogens is 396 g/mol. The van der Waals surface area contributed by atoms with E-state index < -0.39 is 10.0 Å². The number of amides is 1. The van der Waals surface area contributed by atoms with Gasteiger partial charge in [-0.15, -0.1) is 11.3 Å². The van der Waals surface area contributed by atoms with Crippen LogP contribution in [0.25, 0.3) is 0 Å². The van der Waals surface area contributed by atoms with Crippen LogP contribution >= 0.6 is 11.3 Å². The lowest BCUT2D eigenvalue weighted by molar-refractivity contribution is -0.137. The first kappa shape index (κ1) is 20.8. The third kappa shape index (κ3) is 4.09. The van der Waals surface area contributed by atoms with Crippen molar-refractivity contribution in [3.05, 3.63) is 47.3 Å². The minimum absolute atomic E-state index is 0.0375. The van der Waals surface area contributed by atoms with Crippen molar-refractivity contribution in [1.82, 2.24) is 9.21 Å². The highest BCUT2D eigenvalue weighted by Gasteiger charge is 2.36. The summed E-state index contributed by atoms with van der Waals surface area (Å²) in [6.07, 6.45) is 1.37. The molecule has 0 saturated carbocycles. The number of benzene rings is 1. The van der Waals surface area contributed by atoms with Crippen LogP contribution < -0.4 is 4.74 Å². The zero-order chi connectivity index (χ0) is 20.3. The van der Waals surface area contributed by atoms with Gasteiger partial charge in [0.25, 0.3) is 10.0 Å². The number of hydrogen-bond donors (Lipinski definition) is 0. The molecule has 152 valence electrons. The van der Waals surface area contributed by atoms with E-state index in [2.05, 4.69) is 0 Å². The standard InChI is InChI=1S/C20H26N2O4S2/c1-15(17-9-4-5-10-18(17)26-3)21(2)20(23)16-8-6-12-22(14-16)28(24,25)19-11-7-13-27-19/h4-5,7,9-11,13,15-16H,6,8,12,14H2,1-3H3. The van der Waals surface area contributed by atoms with Crippen LogP contribution in [0.5, 0.6) is 5.75 Å². The molecule has 1 fully saturated rings. The van der Waals surface area contributed by atoms with Crippen molar-refractivity contribution in [3.63, 3.8) is 0 Å². The Morgan fingerprint density at radius 1 is 1.29 bits per heavy atom. The number of rotatable bonds is 6. The molecule has 3 rings (SSSR count). The molecule has 0 aliphatic carbocycles. The molecule has 6 nitrogen and oxygen atoms in total. The molecule has 2 atom stereocenters. The van der Waals surface area contributed by atoms with Crippen LogP contribution in [0.15, 0.2) is 46.0 Å². The predicted molar refractivity (Wildman–Crippen MR) is 110 cm³/mol. The van der Waals surface area contributed by atoms with Crippen LogP contribution in [-0.2, 0) is 14.8 Å². The Hall–Kier alpha value is -1.90. The van der Waals surface area contributed by atoms with Crippen molar-refractivity contribution in [1.29, 1.82) is 0 Å². The minimum Gasteiger partial charge on any atom is -0.496 e. The molecule has 1 aliphatic heterocycles. The van der Waals surface area contributed by atoms with Crippen molar-refractivity contribution in [2.24, 2.45) is 5.92 Å². The van der Waals surface area contributed by atoms with Crippen LogP contribution in [0, 0.1) is 5.92 Å². The van der Waals surface area contributed by atoms with Gasteiger partial charge in [0.2, 0.25) is 5.91 Å². The number of piperidine rings is 1. The van der Waals surface area contributed by atoms with E-state index in [1.807, 2.05) is 31.2 Å². The van der Waals surface area contributed by atoms with Gasteiger partial charge in [-0.25, -0.2) is 8.42 Å². The van der Waals surface area contributed by atoms with Crippen molar-refractivity contribution in [2.45, 2.75) is 30.0 Å². The van der Waals surface area contributed by atoms with E-state index in [9.17, 15) is 13.2 Å². The molecule has 1 saturated heterocycles. The molecule has 1 aliphatic rings. The maximum Gasteiger partial charge on any atom is 0.252 e. The normalized spacial score (nSPS) is 19.2. The second-order valence-corrected chi connectivity index (χ2v) is 10.1. The molecule has 0 spiro atoms. The second kappa shape index (κ2) is 8.63. The van der Waals surface area contributed by atoms with Crippen molar-refractivity contribution < 1.29 is 17.9 Å². The summed E-state index contributed by atoms with van der Waals surface area (Å²) in [5.74, 6) is 0.357. The molecule has 8 heteroatoms. The molecule has 2 aromatic rings. The SMILES string of the molecule is COc1ccccc1C(C)N(C)C(=O)C1CCCN(S(=O)(=O)c2cccs2)C1. The Morgan fingerprint density at radius 3 is 2.71 bits per heavy atom. The van der Waals surface area contributed by atoms with E-state index in [-0.39, 0.29) is 24.4 Å². The van der Waals surface area contributed by atoms with Gasteiger partial charge >= 0.3 is 0 Å². The van der Waals surface area contributed by atoms with Crippen LogP contribution in [-0.4, -0.2) is 50.8 Å². The lowest BCUT2D eigenvalue weighted by atomic mass is 9.96. The summed E-state index contributed by atoms with van der Waals surface area (Å²) in [7, 11) is -0.150. The third-order valence-corrected chi connectivity index (χ3v) is 8.58. The summed E-state index contributed by atoms with van der Waals surface area (Å²) in [5.41, 5.74) is 0.930. The Kier molecular flexibility index (Phi) is 6.42. The fourth-order valence-electron chi connectivity index (χ4n) is 3.60. The fraction of sp³-hybridized carbons (Fsp3) is 0.450. The first-order chi connectivity index (χ1) is 13.4. The number of carbonyl (C=O) groups is 1. The van der Waals surface area contributed by atoms with E-state index in [1.165, 1.54) is 15.6 Å². The van der Waals surface area contributed by atoms with Crippen molar-refractivity contribution >= 4 is 27.3 Å². The molecule has 0 N–H and O–H groups in total. The van der Waals surface area contributed by atoms with E-state index in [0.29, 0.717) is 23.6 Å². The Bertz CT molecular complexity index is 912. The minimum atomic E-state index is -3.53. The highest BCUT2D eigenvalue weighted by molar-refractivity contribution is 7.91. The zero-order valence-corrected chi connectivity index (χ0v) is 18.0. The van der Waals surface area contributed by atoms with Crippen molar-refractivity contribution in [2.75, 3.05) is 27.2 Å². The number of methoxy groups -OCH3 is 1. The first-order valence-electron chi connectivity index (χ1n) is 9.29. The second-order valence-electron chi connectivity index (χ2n) is 7.00. The molecule has 28 heavy (non-hydrogen) atoms. The van der Waals surface area contributed by atoms with Gasteiger partial charge in [-0.2, -0.15) is 4.31 Å². The van der Waals surface area contributed by atoms with E-state index in [0.717, 1.165) is 11.3 Å². The lowest BCUT2D eigenvalue weighted by Gasteiger charge is -2.35. The lowest BCUT2D eigenvalue weighted by Crippen LogP contribution is -2.46. The number of carbonyl (C=O) groups excluding carboxylic acids is 1. The van der Waals surface area contributed by atoms with E-state index in [4.69, 9.17) is 4.74 Å². The Morgan fingerprint density at radius 2 is 2.04 bits per heavy atom. The summed E-state index contributed by atoms with van der Waals surface area (Å²) in [6, 6.07) is 10.8. The Balaban J connectivity index is 1.75. The fourth-order valence-corrected chi connectivity index (χ4v) is 6.27. The van der Waals surface area contributed by atoms with Gasteiger partial charge < -0.3 is 9.64 Å². The predicted octanol–water partition coefficient (Wildman–Crippen LogP) is 3.38. The van der Waals surface area contributed by atoms with E-state index >= 15 is 0 Å². The van der Waals surface area contributed by atoms with Crippen LogP contribution in [0.4, 0.5) is 0 Å².